The van der Waals surface area contributed by atoms with Gasteiger partial charge in [0.1, 0.15) is 0 Å². The van der Waals surface area contributed by atoms with Crippen molar-refractivity contribution >= 4 is 23.4 Å². The second kappa shape index (κ2) is 5.59. The maximum absolute atomic E-state index is 6.38. The number of hydrogen-bond acceptors (Lipinski definition) is 5. The molecule has 0 atom stereocenters. The van der Waals surface area contributed by atoms with Crippen molar-refractivity contribution in [1.82, 2.24) is 25.5 Å². The van der Waals surface area contributed by atoms with Gasteiger partial charge in [-0.05, 0) is 65.6 Å². The number of hydrogen-bond donors (Lipinski definition) is 1. The van der Waals surface area contributed by atoms with Crippen LogP contribution in [0.15, 0.2) is 28.3 Å². The molecule has 2 aliphatic rings. The number of halogens is 1. The highest BCUT2D eigenvalue weighted by Crippen LogP contribution is 2.39. The van der Waals surface area contributed by atoms with Gasteiger partial charge in [-0.3, -0.25) is 0 Å². The zero-order chi connectivity index (χ0) is 14.2. The molecule has 0 aliphatic heterocycles. The standard InChI is InChI=1S/C14H16ClN5S/c15-12-2-1-3-13(11(12)8-16-9-4-5-9)21-14-17-18-19-20(14)10-6-7-10/h1-3,9-10,16H,4-8H2. The van der Waals surface area contributed by atoms with Gasteiger partial charge in [0, 0.05) is 22.5 Å². The quantitative estimate of drug-likeness (QED) is 0.886. The Balaban J connectivity index is 1.57. The number of benzene rings is 1. The van der Waals surface area contributed by atoms with Gasteiger partial charge in [-0.2, -0.15) is 0 Å². The van der Waals surface area contributed by atoms with E-state index in [1.165, 1.54) is 25.7 Å². The van der Waals surface area contributed by atoms with E-state index < -0.39 is 0 Å². The van der Waals surface area contributed by atoms with Crippen LogP contribution in [0.3, 0.4) is 0 Å². The Labute approximate surface area is 132 Å². The summed E-state index contributed by atoms with van der Waals surface area (Å²) >= 11 is 7.98. The summed E-state index contributed by atoms with van der Waals surface area (Å²) in [5, 5.41) is 17.2. The zero-order valence-corrected chi connectivity index (χ0v) is 13.1. The third-order valence-corrected chi connectivity index (χ3v) is 5.19. The highest BCUT2D eigenvalue weighted by molar-refractivity contribution is 7.99. The lowest BCUT2D eigenvalue weighted by atomic mass is 10.2. The predicted molar refractivity (Wildman–Crippen MR) is 81.5 cm³/mol. The molecule has 5 nitrogen and oxygen atoms in total. The van der Waals surface area contributed by atoms with Crippen LogP contribution in [0, 0.1) is 0 Å². The van der Waals surface area contributed by atoms with Crippen molar-refractivity contribution in [2.24, 2.45) is 0 Å². The Morgan fingerprint density at radius 2 is 2.14 bits per heavy atom. The molecule has 0 spiro atoms. The number of aromatic nitrogens is 4. The summed E-state index contributed by atoms with van der Waals surface area (Å²) in [6.45, 7) is 0.803. The number of nitrogens with one attached hydrogen (secondary N) is 1. The second-order valence-electron chi connectivity index (χ2n) is 5.61. The third kappa shape index (κ3) is 3.07. The van der Waals surface area contributed by atoms with Gasteiger partial charge in [0.15, 0.2) is 0 Å². The maximum Gasteiger partial charge on any atom is 0.214 e. The van der Waals surface area contributed by atoms with Gasteiger partial charge >= 0.3 is 0 Å². The molecule has 0 saturated heterocycles. The molecule has 1 heterocycles. The van der Waals surface area contributed by atoms with Crippen LogP contribution in [0.25, 0.3) is 0 Å². The summed E-state index contributed by atoms with van der Waals surface area (Å²) in [4.78, 5) is 1.13. The Kier molecular flexibility index (Phi) is 3.61. The van der Waals surface area contributed by atoms with Crippen molar-refractivity contribution in [3.8, 4) is 0 Å². The molecule has 7 heteroatoms. The maximum atomic E-state index is 6.38. The lowest BCUT2D eigenvalue weighted by molar-refractivity contribution is 0.565. The first-order valence-corrected chi connectivity index (χ1v) is 8.47. The van der Waals surface area contributed by atoms with E-state index in [9.17, 15) is 0 Å². The highest BCUT2D eigenvalue weighted by atomic mass is 35.5. The molecular weight excluding hydrogens is 306 g/mol. The van der Waals surface area contributed by atoms with E-state index in [1.807, 2.05) is 16.8 Å². The van der Waals surface area contributed by atoms with E-state index in [2.05, 4.69) is 26.9 Å². The Hall–Kier alpha value is -1.11. The Morgan fingerprint density at radius 1 is 1.29 bits per heavy atom. The summed E-state index contributed by atoms with van der Waals surface area (Å²) in [5.41, 5.74) is 1.14. The minimum absolute atomic E-state index is 0.481. The molecule has 1 aromatic heterocycles. The molecule has 2 fully saturated rings. The number of nitrogens with zero attached hydrogens (tertiary/aromatic N) is 4. The predicted octanol–water partition coefficient (Wildman–Crippen LogP) is 3.06. The van der Waals surface area contributed by atoms with Gasteiger partial charge in [0.05, 0.1) is 6.04 Å². The van der Waals surface area contributed by atoms with Gasteiger partial charge < -0.3 is 5.32 Å². The molecular formula is C14H16ClN5S. The normalized spacial score (nSPS) is 18.1. The van der Waals surface area contributed by atoms with Crippen molar-refractivity contribution in [3.05, 3.63) is 28.8 Å². The van der Waals surface area contributed by atoms with Gasteiger partial charge in [-0.15, -0.1) is 5.10 Å². The van der Waals surface area contributed by atoms with Gasteiger partial charge in [0.2, 0.25) is 5.16 Å². The van der Waals surface area contributed by atoms with Gasteiger partial charge in [-0.1, -0.05) is 17.7 Å². The van der Waals surface area contributed by atoms with Gasteiger partial charge in [0.25, 0.3) is 0 Å². The molecule has 2 saturated carbocycles. The highest BCUT2D eigenvalue weighted by Gasteiger charge is 2.28. The van der Waals surface area contributed by atoms with Crippen molar-refractivity contribution in [3.63, 3.8) is 0 Å². The van der Waals surface area contributed by atoms with Crippen LogP contribution in [-0.4, -0.2) is 26.2 Å². The van der Waals surface area contributed by atoms with Crippen molar-refractivity contribution < 1.29 is 0 Å². The lowest BCUT2D eigenvalue weighted by Gasteiger charge is -2.11. The van der Waals surface area contributed by atoms with E-state index in [0.717, 1.165) is 27.2 Å². The van der Waals surface area contributed by atoms with E-state index in [4.69, 9.17) is 11.6 Å². The largest absolute Gasteiger partial charge is 0.310 e. The van der Waals surface area contributed by atoms with E-state index in [1.54, 1.807) is 11.8 Å². The summed E-state index contributed by atoms with van der Waals surface area (Å²) < 4.78 is 1.93. The molecule has 0 unspecified atom stereocenters. The average Bonchev–Trinajstić information content (AvgIpc) is 3.39. The van der Waals surface area contributed by atoms with Crippen molar-refractivity contribution in [2.45, 2.75) is 54.4 Å². The minimum atomic E-state index is 0.481. The fourth-order valence-electron chi connectivity index (χ4n) is 2.24. The van der Waals surface area contributed by atoms with E-state index in [0.29, 0.717) is 12.1 Å². The second-order valence-corrected chi connectivity index (χ2v) is 7.03. The number of rotatable bonds is 6. The van der Waals surface area contributed by atoms with Crippen LogP contribution in [0.4, 0.5) is 0 Å². The first kappa shape index (κ1) is 13.5. The van der Waals surface area contributed by atoms with Crippen LogP contribution in [0.2, 0.25) is 5.02 Å². The molecule has 110 valence electrons. The summed E-state index contributed by atoms with van der Waals surface area (Å²) in [6, 6.07) is 7.16. The summed E-state index contributed by atoms with van der Waals surface area (Å²) in [7, 11) is 0. The van der Waals surface area contributed by atoms with Crippen LogP contribution in [-0.2, 0) is 6.54 Å². The Bertz CT molecular complexity index is 651. The molecule has 1 N–H and O–H groups in total. The zero-order valence-electron chi connectivity index (χ0n) is 11.5. The van der Waals surface area contributed by atoms with Crippen LogP contribution in [0.1, 0.15) is 37.3 Å². The number of tetrazole rings is 1. The van der Waals surface area contributed by atoms with Crippen LogP contribution < -0.4 is 5.32 Å². The van der Waals surface area contributed by atoms with Crippen LogP contribution in [0.5, 0.6) is 0 Å². The fourth-order valence-corrected chi connectivity index (χ4v) is 3.54. The molecule has 1 aromatic carbocycles. The minimum Gasteiger partial charge on any atom is -0.310 e. The monoisotopic (exact) mass is 321 g/mol. The van der Waals surface area contributed by atoms with Gasteiger partial charge in [-0.25, -0.2) is 4.68 Å². The van der Waals surface area contributed by atoms with Crippen molar-refractivity contribution in [2.75, 3.05) is 0 Å². The molecule has 21 heavy (non-hydrogen) atoms. The lowest BCUT2D eigenvalue weighted by Crippen LogP contribution is -2.16. The summed E-state index contributed by atoms with van der Waals surface area (Å²) in [5.74, 6) is 0. The SMILES string of the molecule is Clc1cccc(Sc2nnnn2C2CC2)c1CNC1CC1. The fraction of sp³-hybridized carbons (Fsp3) is 0.500. The first-order valence-electron chi connectivity index (χ1n) is 7.28. The molecule has 0 radical (unpaired) electrons. The third-order valence-electron chi connectivity index (χ3n) is 3.78. The smallest absolute Gasteiger partial charge is 0.214 e. The molecule has 4 rings (SSSR count). The molecule has 0 bridgehead atoms. The first-order chi connectivity index (χ1) is 10.3. The molecule has 2 aromatic rings. The van der Waals surface area contributed by atoms with Crippen molar-refractivity contribution in [1.29, 1.82) is 0 Å². The Morgan fingerprint density at radius 3 is 2.90 bits per heavy atom. The molecule has 2 aliphatic carbocycles. The van der Waals surface area contributed by atoms with E-state index in [-0.39, 0.29) is 0 Å². The topological polar surface area (TPSA) is 55.6 Å². The average molecular weight is 322 g/mol. The van der Waals surface area contributed by atoms with E-state index >= 15 is 0 Å². The van der Waals surface area contributed by atoms with Crippen LogP contribution >= 0.6 is 23.4 Å². The molecule has 0 amide bonds. The summed E-state index contributed by atoms with van der Waals surface area (Å²) in [6.07, 6.45) is 4.88.